The van der Waals surface area contributed by atoms with Gasteiger partial charge in [-0.05, 0) is 24.2 Å². The molecule has 4 heteroatoms. The highest BCUT2D eigenvalue weighted by Crippen LogP contribution is 2.26. The summed E-state index contributed by atoms with van der Waals surface area (Å²) < 4.78 is 0. The smallest absolute Gasteiger partial charge is 0.237 e. The van der Waals surface area contributed by atoms with Crippen molar-refractivity contribution < 1.29 is 9.59 Å². The third kappa shape index (κ3) is 2.43. The fourth-order valence-electron chi connectivity index (χ4n) is 2.13. The van der Waals surface area contributed by atoms with Gasteiger partial charge in [-0.3, -0.25) is 14.5 Å². The van der Waals surface area contributed by atoms with Crippen LogP contribution in [0.25, 0.3) is 0 Å². The van der Waals surface area contributed by atoms with Crippen LogP contribution in [0.5, 0.6) is 0 Å². The molecule has 96 valence electrons. The van der Waals surface area contributed by atoms with Crippen LogP contribution < -0.4 is 10.2 Å². The SMILES string of the molecule is CCNCc1cccc(N2C(=O)CC(C)C2=O)c1. The Balaban J connectivity index is 2.23. The number of benzene rings is 1. The van der Waals surface area contributed by atoms with E-state index in [4.69, 9.17) is 0 Å². The highest BCUT2D eigenvalue weighted by Gasteiger charge is 2.36. The number of anilines is 1. The first-order valence-electron chi connectivity index (χ1n) is 6.30. The van der Waals surface area contributed by atoms with Gasteiger partial charge in [-0.15, -0.1) is 0 Å². The molecule has 1 unspecified atom stereocenters. The van der Waals surface area contributed by atoms with Gasteiger partial charge in [0, 0.05) is 18.9 Å². The quantitative estimate of drug-likeness (QED) is 0.823. The highest BCUT2D eigenvalue weighted by molar-refractivity contribution is 6.20. The number of carbonyl (C=O) groups is 2. The van der Waals surface area contributed by atoms with Crippen LogP contribution in [0.3, 0.4) is 0 Å². The molecule has 0 aliphatic carbocycles. The molecule has 1 N–H and O–H groups in total. The van der Waals surface area contributed by atoms with Crippen LogP contribution in [0.15, 0.2) is 24.3 Å². The molecule has 1 aliphatic heterocycles. The predicted molar refractivity (Wildman–Crippen MR) is 70.1 cm³/mol. The normalized spacial score (nSPS) is 19.7. The summed E-state index contributed by atoms with van der Waals surface area (Å²) in [5.41, 5.74) is 1.76. The van der Waals surface area contributed by atoms with Crippen LogP contribution in [-0.4, -0.2) is 18.4 Å². The van der Waals surface area contributed by atoms with Gasteiger partial charge in [-0.2, -0.15) is 0 Å². The number of imide groups is 1. The average Bonchev–Trinajstić information content (AvgIpc) is 2.61. The monoisotopic (exact) mass is 246 g/mol. The molecular weight excluding hydrogens is 228 g/mol. The molecule has 0 saturated carbocycles. The summed E-state index contributed by atoms with van der Waals surface area (Å²) in [5, 5.41) is 3.23. The molecular formula is C14H18N2O2. The maximum absolute atomic E-state index is 11.9. The summed E-state index contributed by atoms with van der Waals surface area (Å²) >= 11 is 0. The molecule has 1 atom stereocenters. The van der Waals surface area contributed by atoms with Crippen LogP contribution >= 0.6 is 0 Å². The standard InChI is InChI=1S/C14H18N2O2/c1-3-15-9-11-5-4-6-12(8-11)16-13(17)7-10(2)14(16)18/h4-6,8,10,15H,3,7,9H2,1-2H3. The lowest BCUT2D eigenvalue weighted by atomic mass is 10.1. The lowest BCUT2D eigenvalue weighted by Gasteiger charge is -2.15. The number of rotatable bonds is 4. The van der Waals surface area contributed by atoms with Crippen molar-refractivity contribution in [3.63, 3.8) is 0 Å². The summed E-state index contributed by atoms with van der Waals surface area (Å²) in [7, 11) is 0. The Bertz CT molecular complexity index is 471. The van der Waals surface area contributed by atoms with Crippen LogP contribution in [0.2, 0.25) is 0 Å². The van der Waals surface area contributed by atoms with Crippen molar-refractivity contribution >= 4 is 17.5 Å². The first-order valence-corrected chi connectivity index (χ1v) is 6.30. The summed E-state index contributed by atoms with van der Waals surface area (Å²) in [4.78, 5) is 25.0. The van der Waals surface area contributed by atoms with Crippen LogP contribution in [0.1, 0.15) is 25.8 Å². The van der Waals surface area contributed by atoms with E-state index >= 15 is 0 Å². The lowest BCUT2D eigenvalue weighted by molar-refractivity contribution is -0.122. The molecule has 0 bridgehead atoms. The second kappa shape index (κ2) is 5.31. The van der Waals surface area contributed by atoms with E-state index in [9.17, 15) is 9.59 Å². The Kier molecular flexibility index (Phi) is 3.77. The predicted octanol–water partition coefficient (Wildman–Crippen LogP) is 1.70. The minimum absolute atomic E-state index is 0.0967. The number of amides is 2. The third-order valence-electron chi connectivity index (χ3n) is 3.12. The summed E-state index contributed by atoms with van der Waals surface area (Å²) in [6.45, 7) is 5.47. The fourth-order valence-corrected chi connectivity index (χ4v) is 2.13. The van der Waals surface area contributed by atoms with Gasteiger partial charge in [-0.25, -0.2) is 0 Å². The van der Waals surface area contributed by atoms with Crippen LogP contribution in [0.4, 0.5) is 5.69 Å². The first kappa shape index (κ1) is 12.8. The van der Waals surface area contributed by atoms with Crippen molar-refractivity contribution in [1.82, 2.24) is 5.32 Å². The first-order chi connectivity index (χ1) is 8.63. The van der Waals surface area contributed by atoms with E-state index in [1.165, 1.54) is 4.90 Å². The van der Waals surface area contributed by atoms with Gasteiger partial charge >= 0.3 is 0 Å². The topological polar surface area (TPSA) is 49.4 Å². The lowest BCUT2D eigenvalue weighted by Crippen LogP contribution is -2.30. The molecule has 1 aromatic rings. The minimum Gasteiger partial charge on any atom is -0.313 e. The second-order valence-electron chi connectivity index (χ2n) is 4.62. The fraction of sp³-hybridized carbons (Fsp3) is 0.429. The maximum Gasteiger partial charge on any atom is 0.237 e. The zero-order valence-electron chi connectivity index (χ0n) is 10.8. The van der Waals surface area contributed by atoms with Crippen molar-refractivity contribution in [3.05, 3.63) is 29.8 Å². The molecule has 1 saturated heterocycles. The van der Waals surface area contributed by atoms with Gasteiger partial charge < -0.3 is 5.32 Å². The van der Waals surface area contributed by atoms with Crippen LogP contribution in [0, 0.1) is 5.92 Å². The summed E-state index contributed by atoms with van der Waals surface area (Å²) in [6.07, 6.45) is 0.316. The Hall–Kier alpha value is -1.68. The highest BCUT2D eigenvalue weighted by atomic mass is 16.2. The maximum atomic E-state index is 11.9. The van der Waals surface area contributed by atoms with E-state index in [1.54, 1.807) is 6.92 Å². The number of hydrogen-bond donors (Lipinski definition) is 1. The van der Waals surface area contributed by atoms with Crippen molar-refractivity contribution in [3.8, 4) is 0 Å². The Morgan fingerprint density at radius 3 is 2.78 bits per heavy atom. The van der Waals surface area contributed by atoms with Gasteiger partial charge in [0.2, 0.25) is 11.8 Å². The molecule has 0 radical (unpaired) electrons. The number of carbonyl (C=O) groups excluding carboxylic acids is 2. The zero-order valence-corrected chi connectivity index (χ0v) is 10.8. The largest absolute Gasteiger partial charge is 0.313 e. The van der Waals surface area contributed by atoms with Gasteiger partial charge in [0.25, 0.3) is 0 Å². The number of hydrogen-bond acceptors (Lipinski definition) is 3. The minimum atomic E-state index is -0.199. The molecule has 1 heterocycles. The number of nitrogens with one attached hydrogen (secondary N) is 1. The van der Waals surface area contributed by atoms with Crippen molar-refractivity contribution in [2.45, 2.75) is 26.8 Å². The molecule has 4 nitrogen and oxygen atoms in total. The Morgan fingerprint density at radius 2 is 2.17 bits per heavy atom. The van der Waals surface area contributed by atoms with E-state index in [1.807, 2.05) is 31.2 Å². The van der Waals surface area contributed by atoms with Crippen molar-refractivity contribution in [2.75, 3.05) is 11.4 Å². The van der Waals surface area contributed by atoms with E-state index in [0.717, 1.165) is 18.7 Å². The average molecular weight is 246 g/mol. The Morgan fingerprint density at radius 1 is 1.39 bits per heavy atom. The second-order valence-corrected chi connectivity index (χ2v) is 4.62. The van der Waals surface area contributed by atoms with Gasteiger partial charge in [0.1, 0.15) is 0 Å². The molecule has 2 amide bonds. The molecule has 1 fully saturated rings. The van der Waals surface area contributed by atoms with Gasteiger partial charge in [0.05, 0.1) is 5.69 Å². The van der Waals surface area contributed by atoms with Gasteiger partial charge in [0.15, 0.2) is 0 Å². The molecule has 1 aliphatic rings. The third-order valence-corrected chi connectivity index (χ3v) is 3.12. The Labute approximate surface area is 107 Å². The van der Waals surface area contributed by atoms with Crippen molar-refractivity contribution in [2.24, 2.45) is 5.92 Å². The van der Waals surface area contributed by atoms with E-state index in [-0.39, 0.29) is 17.7 Å². The van der Waals surface area contributed by atoms with E-state index in [2.05, 4.69) is 5.32 Å². The van der Waals surface area contributed by atoms with Gasteiger partial charge in [-0.1, -0.05) is 26.0 Å². The molecule has 0 aromatic heterocycles. The molecule has 2 rings (SSSR count). The van der Waals surface area contributed by atoms with Crippen molar-refractivity contribution in [1.29, 1.82) is 0 Å². The summed E-state index contributed by atoms with van der Waals surface area (Å²) in [5.74, 6) is -0.399. The molecule has 0 spiro atoms. The van der Waals surface area contributed by atoms with E-state index < -0.39 is 0 Å². The number of nitrogens with zero attached hydrogens (tertiary/aromatic N) is 1. The van der Waals surface area contributed by atoms with Crippen LogP contribution in [-0.2, 0) is 16.1 Å². The van der Waals surface area contributed by atoms with E-state index in [0.29, 0.717) is 12.1 Å². The molecule has 18 heavy (non-hydrogen) atoms. The summed E-state index contributed by atoms with van der Waals surface area (Å²) in [6, 6.07) is 7.58. The molecule has 1 aromatic carbocycles. The zero-order chi connectivity index (χ0) is 13.1.